The minimum Gasteiger partial charge on any atom is -0.385 e. The summed E-state index contributed by atoms with van der Waals surface area (Å²) in [4.78, 5) is 19.1. The number of rotatable bonds is 6. The van der Waals surface area contributed by atoms with E-state index in [4.69, 9.17) is 4.74 Å². The molecular weight excluding hydrogens is 323 g/mol. The van der Waals surface area contributed by atoms with Crippen molar-refractivity contribution in [3.63, 3.8) is 0 Å². The molecule has 0 aliphatic carbocycles. The first-order chi connectivity index (χ1) is 11.3. The molecule has 2 rings (SSSR count). The first-order valence-corrected chi connectivity index (χ1v) is 7.34. The molecule has 1 aromatic carbocycles. The molecule has 8 heteroatoms. The lowest BCUT2D eigenvalue weighted by molar-refractivity contribution is -0.137. The molecule has 0 bridgehead atoms. The van der Waals surface area contributed by atoms with Gasteiger partial charge < -0.3 is 15.0 Å². The standard InChI is InChI=1S/C16H18F3N3O2/c1-10-13(15(23)20-7-4-8-24-2)22-14(21-10)11-5-3-6-12(9-11)16(17,18)19/h3,5-6,9H,4,7-8H2,1-2H3,(H,20,23)(H,21,22). The lowest BCUT2D eigenvalue weighted by Gasteiger charge is -2.07. The number of nitrogens with one attached hydrogen (secondary N) is 2. The molecule has 0 unspecified atom stereocenters. The van der Waals surface area contributed by atoms with Crippen molar-refractivity contribution in [2.45, 2.75) is 19.5 Å². The van der Waals surface area contributed by atoms with E-state index in [0.717, 1.165) is 12.1 Å². The van der Waals surface area contributed by atoms with E-state index in [0.29, 0.717) is 25.3 Å². The highest BCUT2D eigenvalue weighted by Gasteiger charge is 2.30. The number of halogens is 3. The van der Waals surface area contributed by atoms with Crippen LogP contribution in [0.1, 0.15) is 28.2 Å². The van der Waals surface area contributed by atoms with Crippen molar-refractivity contribution >= 4 is 5.91 Å². The topological polar surface area (TPSA) is 67.0 Å². The summed E-state index contributed by atoms with van der Waals surface area (Å²) in [6.45, 7) is 2.60. The van der Waals surface area contributed by atoms with Gasteiger partial charge in [-0.3, -0.25) is 4.79 Å². The van der Waals surface area contributed by atoms with E-state index in [1.807, 2.05) is 0 Å². The summed E-state index contributed by atoms with van der Waals surface area (Å²) in [6, 6.07) is 4.80. The maximum atomic E-state index is 12.8. The van der Waals surface area contributed by atoms with Crippen molar-refractivity contribution in [1.29, 1.82) is 0 Å². The summed E-state index contributed by atoms with van der Waals surface area (Å²) in [6.07, 6.45) is -3.77. The maximum Gasteiger partial charge on any atom is 0.416 e. The normalized spacial score (nSPS) is 11.5. The second-order valence-corrected chi connectivity index (χ2v) is 5.24. The van der Waals surface area contributed by atoms with Gasteiger partial charge >= 0.3 is 6.18 Å². The van der Waals surface area contributed by atoms with Crippen LogP contribution < -0.4 is 5.32 Å². The highest BCUT2D eigenvalue weighted by molar-refractivity contribution is 5.94. The van der Waals surface area contributed by atoms with Gasteiger partial charge in [-0.05, 0) is 25.5 Å². The van der Waals surface area contributed by atoms with Gasteiger partial charge in [-0.15, -0.1) is 0 Å². The zero-order chi connectivity index (χ0) is 17.7. The van der Waals surface area contributed by atoms with Gasteiger partial charge in [0.15, 0.2) is 0 Å². The number of carbonyl (C=O) groups is 1. The van der Waals surface area contributed by atoms with E-state index in [-0.39, 0.29) is 23.0 Å². The highest BCUT2D eigenvalue weighted by Crippen LogP contribution is 2.31. The molecular formula is C16H18F3N3O2. The van der Waals surface area contributed by atoms with Crippen LogP contribution in [0, 0.1) is 6.92 Å². The van der Waals surface area contributed by atoms with Gasteiger partial charge in [0.05, 0.1) is 5.56 Å². The summed E-state index contributed by atoms with van der Waals surface area (Å²) in [5.41, 5.74) is 0.164. The van der Waals surface area contributed by atoms with Gasteiger partial charge in [-0.1, -0.05) is 12.1 Å². The summed E-state index contributed by atoms with van der Waals surface area (Å²) in [5, 5.41) is 2.69. The van der Waals surface area contributed by atoms with Crippen molar-refractivity contribution in [3.05, 3.63) is 41.2 Å². The Morgan fingerprint density at radius 2 is 2.12 bits per heavy atom. The number of alkyl halides is 3. The maximum absolute atomic E-state index is 12.8. The van der Waals surface area contributed by atoms with Crippen molar-refractivity contribution in [3.8, 4) is 11.4 Å². The number of hydrogen-bond acceptors (Lipinski definition) is 3. The number of methoxy groups -OCH3 is 1. The fourth-order valence-electron chi connectivity index (χ4n) is 2.16. The first kappa shape index (κ1) is 18.0. The first-order valence-electron chi connectivity index (χ1n) is 7.34. The lowest BCUT2D eigenvalue weighted by atomic mass is 10.1. The fourth-order valence-corrected chi connectivity index (χ4v) is 2.16. The van der Waals surface area contributed by atoms with E-state index in [9.17, 15) is 18.0 Å². The molecule has 2 N–H and O–H groups in total. The Kier molecular flexibility index (Phi) is 5.61. The largest absolute Gasteiger partial charge is 0.416 e. The Morgan fingerprint density at radius 3 is 2.79 bits per heavy atom. The number of hydrogen-bond donors (Lipinski definition) is 2. The molecule has 2 aromatic rings. The van der Waals surface area contributed by atoms with Crippen molar-refractivity contribution < 1.29 is 22.7 Å². The summed E-state index contributed by atoms with van der Waals surface area (Å²) in [5.74, 6) is -0.154. The number of amides is 1. The third kappa shape index (κ3) is 4.35. The lowest BCUT2D eigenvalue weighted by Crippen LogP contribution is -2.26. The molecule has 0 saturated heterocycles. The van der Waals surface area contributed by atoms with E-state index >= 15 is 0 Å². The van der Waals surface area contributed by atoms with E-state index in [2.05, 4.69) is 15.3 Å². The quantitative estimate of drug-likeness (QED) is 0.793. The van der Waals surface area contributed by atoms with Gasteiger partial charge in [0.25, 0.3) is 5.91 Å². The number of benzene rings is 1. The minimum absolute atomic E-state index is 0.167. The number of nitrogens with zero attached hydrogens (tertiary/aromatic N) is 1. The number of aromatic nitrogens is 2. The van der Waals surface area contributed by atoms with Crippen molar-refractivity contribution in [2.75, 3.05) is 20.3 Å². The van der Waals surface area contributed by atoms with Crippen LogP contribution in [0.3, 0.4) is 0 Å². The van der Waals surface area contributed by atoms with Crippen LogP contribution in [-0.4, -0.2) is 36.1 Å². The molecule has 0 saturated carbocycles. The average Bonchev–Trinajstić information content (AvgIpc) is 2.93. The number of imidazole rings is 1. The summed E-state index contributed by atoms with van der Waals surface area (Å²) in [7, 11) is 1.57. The van der Waals surface area contributed by atoms with Gasteiger partial charge in [0.1, 0.15) is 11.5 Å². The molecule has 0 spiro atoms. The molecule has 0 radical (unpaired) electrons. The second-order valence-electron chi connectivity index (χ2n) is 5.24. The third-order valence-electron chi connectivity index (χ3n) is 3.37. The predicted molar refractivity (Wildman–Crippen MR) is 82.6 cm³/mol. The van der Waals surface area contributed by atoms with Crippen LogP contribution in [0.5, 0.6) is 0 Å². The van der Waals surface area contributed by atoms with Crippen molar-refractivity contribution in [1.82, 2.24) is 15.3 Å². The predicted octanol–water partition coefficient (Wildman–Crippen LogP) is 3.17. The zero-order valence-corrected chi connectivity index (χ0v) is 13.3. The van der Waals surface area contributed by atoms with E-state index in [1.165, 1.54) is 12.1 Å². The molecule has 0 aliphatic rings. The van der Waals surface area contributed by atoms with Crippen molar-refractivity contribution in [2.24, 2.45) is 0 Å². The van der Waals surface area contributed by atoms with Crippen LogP contribution in [0.25, 0.3) is 11.4 Å². The van der Waals surface area contributed by atoms with Crippen LogP contribution in [0.4, 0.5) is 13.2 Å². The molecule has 0 aliphatic heterocycles. The molecule has 0 atom stereocenters. The number of aromatic amines is 1. The molecule has 1 heterocycles. The SMILES string of the molecule is COCCCNC(=O)c1nc(-c2cccc(C(F)(F)F)c2)[nH]c1C. The van der Waals surface area contributed by atoms with Gasteiger partial charge in [-0.2, -0.15) is 13.2 Å². The Balaban J connectivity index is 2.18. The molecule has 5 nitrogen and oxygen atoms in total. The Morgan fingerprint density at radius 1 is 1.38 bits per heavy atom. The van der Waals surface area contributed by atoms with Crippen LogP contribution in [-0.2, 0) is 10.9 Å². The Hall–Kier alpha value is -2.35. The van der Waals surface area contributed by atoms with Gasteiger partial charge in [-0.25, -0.2) is 4.98 Å². The molecule has 0 fully saturated rings. The monoisotopic (exact) mass is 341 g/mol. The number of ether oxygens (including phenoxy) is 1. The van der Waals surface area contributed by atoms with Gasteiger partial charge in [0.2, 0.25) is 0 Å². The third-order valence-corrected chi connectivity index (χ3v) is 3.37. The zero-order valence-electron chi connectivity index (χ0n) is 13.3. The minimum atomic E-state index is -4.43. The smallest absolute Gasteiger partial charge is 0.385 e. The molecule has 1 aromatic heterocycles. The number of carbonyl (C=O) groups excluding carboxylic acids is 1. The Bertz CT molecular complexity index is 711. The highest BCUT2D eigenvalue weighted by atomic mass is 19.4. The molecule has 130 valence electrons. The fraction of sp³-hybridized carbons (Fsp3) is 0.375. The van der Waals surface area contributed by atoms with Crippen LogP contribution in [0.15, 0.2) is 24.3 Å². The van der Waals surface area contributed by atoms with E-state index in [1.54, 1.807) is 14.0 Å². The van der Waals surface area contributed by atoms with E-state index < -0.39 is 11.7 Å². The second kappa shape index (κ2) is 7.48. The average molecular weight is 341 g/mol. The molecule has 1 amide bonds. The summed E-state index contributed by atoms with van der Waals surface area (Å²) >= 11 is 0. The molecule has 24 heavy (non-hydrogen) atoms. The summed E-state index contributed by atoms with van der Waals surface area (Å²) < 4.78 is 43.3. The number of aryl methyl sites for hydroxylation is 1. The number of H-pyrrole nitrogens is 1. The van der Waals surface area contributed by atoms with Crippen LogP contribution >= 0.6 is 0 Å². The Labute approximate surface area is 137 Å². The van der Waals surface area contributed by atoms with Gasteiger partial charge in [0, 0.05) is 31.5 Å². The van der Waals surface area contributed by atoms with Crippen LogP contribution in [0.2, 0.25) is 0 Å².